The monoisotopic (exact) mass is 363 g/mol. The number of pyridine rings is 1. The Morgan fingerprint density at radius 3 is 3.08 bits per heavy atom. The second kappa shape index (κ2) is 6.36. The number of hydrogen-bond donors (Lipinski definition) is 0. The van der Waals surface area contributed by atoms with Crippen LogP contribution in [0.1, 0.15) is 24.8 Å². The number of nitrogens with zero attached hydrogens (tertiary/aromatic N) is 5. The average Bonchev–Trinajstić information content (AvgIpc) is 3.27. The zero-order valence-corrected chi connectivity index (χ0v) is 13.9. The van der Waals surface area contributed by atoms with Crippen LogP contribution in [0.3, 0.4) is 0 Å². The van der Waals surface area contributed by atoms with Gasteiger partial charge in [-0.05, 0) is 6.07 Å². The van der Waals surface area contributed by atoms with E-state index in [9.17, 15) is 8.78 Å². The van der Waals surface area contributed by atoms with Crippen LogP contribution in [0.4, 0.5) is 8.78 Å². The molecule has 0 atom stereocenters. The fourth-order valence-corrected chi connectivity index (χ4v) is 2.52. The number of aryl methyl sites for hydroxylation is 1. The van der Waals surface area contributed by atoms with E-state index in [0.29, 0.717) is 30.9 Å². The lowest BCUT2D eigenvalue weighted by Crippen LogP contribution is -2.15. The van der Waals surface area contributed by atoms with Gasteiger partial charge in [0.2, 0.25) is 17.6 Å². The Morgan fingerprint density at radius 2 is 2.27 bits per heavy atom. The molecule has 0 aromatic carbocycles. The Labute approximate surface area is 146 Å². The summed E-state index contributed by atoms with van der Waals surface area (Å²) in [7, 11) is 0. The highest BCUT2D eigenvalue weighted by Crippen LogP contribution is 2.28. The Hall–Kier alpha value is -3.04. The van der Waals surface area contributed by atoms with E-state index in [2.05, 4.69) is 24.7 Å². The number of halogens is 2. The van der Waals surface area contributed by atoms with Crippen LogP contribution in [0.5, 0.6) is 11.8 Å². The molecule has 3 aromatic rings. The first-order chi connectivity index (χ1) is 12.5. The van der Waals surface area contributed by atoms with Crippen molar-refractivity contribution in [1.82, 2.24) is 24.9 Å². The van der Waals surface area contributed by atoms with Crippen molar-refractivity contribution >= 4 is 0 Å². The Kier molecular flexibility index (Phi) is 4.02. The molecular formula is C16H15F2N5O3. The molecule has 4 rings (SSSR count). The number of rotatable bonds is 5. The molecule has 0 amide bonds. The summed E-state index contributed by atoms with van der Waals surface area (Å²) in [5, 5.41) is 7.83. The summed E-state index contributed by atoms with van der Waals surface area (Å²) in [6, 6.07) is 3.14. The third kappa shape index (κ3) is 3.22. The van der Waals surface area contributed by atoms with E-state index in [0.717, 1.165) is 18.5 Å². The second-order valence-corrected chi connectivity index (χ2v) is 5.88. The van der Waals surface area contributed by atoms with Gasteiger partial charge in [-0.2, -0.15) is 18.9 Å². The van der Waals surface area contributed by atoms with Crippen LogP contribution in [0, 0.1) is 0 Å². The van der Waals surface area contributed by atoms with Crippen LogP contribution in [-0.4, -0.2) is 31.5 Å². The molecule has 0 N–H and O–H groups in total. The minimum Gasteiger partial charge on any atom is -0.477 e. The highest BCUT2D eigenvalue weighted by Gasteiger charge is 2.32. The molecule has 3 aromatic heterocycles. The van der Waals surface area contributed by atoms with Gasteiger partial charge in [0, 0.05) is 37.7 Å². The third-order valence-electron chi connectivity index (χ3n) is 3.79. The number of ether oxygens (including phenoxy) is 2. The summed E-state index contributed by atoms with van der Waals surface area (Å²) in [4.78, 5) is 7.82. The van der Waals surface area contributed by atoms with Gasteiger partial charge in [-0.15, -0.1) is 0 Å². The number of aromatic nitrogens is 5. The summed E-state index contributed by atoms with van der Waals surface area (Å²) < 4.78 is 44.1. The van der Waals surface area contributed by atoms with Crippen molar-refractivity contribution < 1.29 is 22.8 Å². The predicted molar refractivity (Wildman–Crippen MR) is 83.8 cm³/mol. The molecule has 1 aliphatic rings. The first-order valence-corrected chi connectivity index (χ1v) is 7.99. The van der Waals surface area contributed by atoms with Gasteiger partial charge in [-0.3, -0.25) is 0 Å². The van der Waals surface area contributed by atoms with E-state index >= 15 is 0 Å². The first kappa shape index (κ1) is 16.4. The van der Waals surface area contributed by atoms with Crippen molar-refractivity contribution in [2.24, 2.45) is 0 Å². The minimum atomic E-state index is -3.20. The van der Waals surface area contributed by atoms with Gasteiger partial charge in [-0.25, -0.2) is 9.67 Å². The molecule has 10 heteroatoms. The lowest BCUT2D eigenvalue weighted by molar-refractivity contribution is -0.0158. The third-order valence-corrected chi connectivity index (χ3v) is 3.79. The molecule has 0 radical (unpaired) electrons. The van der Waals surface area contributed by atoms with Crippen molar-refractivity contribution in [2.45, 2.75) is 32.4 Å². The van der Waals surface area contributed by atoms with Crippen molar-refractivity contribution in [1.29, 1.82) is 0 Å². The molecule has 1 aliphatic heterocycles. The molecule has 0 saturated carbocycles. The van der Waals surface area contributed by atoms with Crippen LogP contribution in [-0.2, 0) is 19.1 Å². The SMILES string of the molecule is CC(F)(F)c1nc(-c2ccnc(OCc3cnn4c3OCCC4)c2)no1. The smallest absolute Gasteiger partial charge is 0.322 e. The van der Waals surface area contributed by atoms with E-state index in [-0.39, 0.29) is 12.4 Å². The van der Waals surface area contributed by atoms with Crippen molar-refractivity contribution in [3.63, 3.8) is 0 Å². The van der Waals surface area contributed by atoms with E-state index in [1.807, 2.05) is 0 Å². The standard InChI is InChI=1S/C16H15F2N5O3/c1-16(17,18)15-21-13(22-26-15)10-3-4-19-12(7-10)25-9-11-8-20-23-5-2-6-24-14(11)23/h3-4,7-8H,2,5-6,9H2,1H3. The Morgan fingerprint density at radius 1 is 1.38 bits per heavy atom. The highest BCUT2D eigenvalue weighted by atomic mass is 19.3. The molecule has 0 aliphatic carbocycles. The molecule has 8 nitrogen and oxygen atoms in total. The van der Waals surface area contributed by atoms with Gasteiger partial charge in [0.05, 0.1) is 18.4 Å². The predicted octanol–water partition coefficient (Wildman–Crippen LogP) is 2.80. The molecule has 0 fully saturated rings. The maximum absolute atomic E-state index is 13.2. The van der Waals surface area contributed by atoms with Gasteiger partial charge < -0.3 is 14.0 Å². The molecule has 0 bridgehead atoms. The maximum Gasteiger partial charge on any atom is 0.322 e. The molecule has 4 heterocycles. The average molecular weight is 363 g/mol. The normalized spacial score (nSPS) is 14.0. The number of hydrogen-bond acceptors (Lipinski definition) is 7. The van der Waals surface area contributed by atoms with Gasteiger partial charge >= 0.3 is 5.92 Å². The van der Waals surface area contributed by atoms with Crippen molar-refractivity contribution in [3.8, 4) is 23.1 Å². The zero-order valence-electron chi connectivity index (χ0n) is 13.9. The quantitative estimate of drug-likeness (QED) is 0.689. The Balaban J connectivity index is 1.49. The zero-order chi connectivity index (χ0) is 18.1. The van der Waals surface area contributed by atoms with Gasteiger partial charge in [0.1, 0.15) is 6.61 Å². The van der Waals surface area contributed by atoms with E-state index in [1.165, 1.54) is 6.20 Å². The van der Waals surface area contributed by atoms with Crippen LogP contribution < -0.4 is 9.47 Å². The second-order valence-electron chi connectivity index (χ2n) is 5.88. The molecule has 136 valence electrons. The number of fused-ring (bicyclic) bond motifs is 1. The van der Waals surface area contributed by atoms with Crippen LogP contribution in [0.15, 0.2) is 29.0 Å². The van der Waals surface area contributed by atoms with E-state index < -0.39 is 11.8 Å². The number of alkyl halides is 2. The summed E-state index contributed by atoms with van der Waals surface area (Å²) in [5.74, 6) is -2.90. The van der Waals surface area contributed by atoms with E-state index in [4.69, 9.17) is 9.47 Å². The molecule has 0 spiro atoms. The van der Waals surface area contributed by atoms with Gasteiger partial charge in [0.25, 0.3) is 5.89 Å². The molecule has 26 heavy (non-hydrogen) atoms. The largest absolute Gasteiger partial charge is 0.477 e. The molecule has 0 unspecified atom stereocenters. The topological polar surface area (TPSA) is 88.1 Å². The van der Waals surface area contributed by atoms with Gasteiger partial charge in [0.15, 0.2) is 0 Å². The van der Waals surface area contributed by atoms with Crippen molar-refractivity contribution in [3.05, 3.63) is 36.0 Å². The summed E-state index contributed by atoms with van der Waals surface area (Å²) in [6.45, 7) is 2.37. The molecular weight excluding hydrogens is 348 g/mol. The van der Waals surface area contributed by atoms with Crippen LogP contribution in [0.2, 0.25) is 0 Å². The molecule has 0 saturated heterocycles. The van der Waals surface area contributed by atoms with E-state index in [1.54, 1.807) is 23.0 Å². The van der Waals surface area contributed by atoms with Crippen LogP contribution in [0.25, 0.3) is 11.4 Å². The first-order valence-electron chi connectivity index (χ1n) is 7.99. The minimum absolute atomic E-state index is 0.0417. The lowest BCUT2D eigenvalue weighted by Gasteiger charge is -2.16. The fourth-order valence-electron chi connectivity index (χ4n) is 2.52. The Bertz CT molecular complexity index is 919. The van der Waals surface area contributed by atoms with Gasteiger partial charge in [-0.1, -0.05) is 5.16 Å². The summed E-state index contributed by atoms with van der Waals surface area (Å²) in [6.07, 6.45) is 4.09. The summed E-state index contributed by atoms with van der Waals surface area (Å²) >= 11 is 0. The van der Waals surface area contributed by atoms with Crippen LogP contribution >= 0.6 is 0 Å². The van der Waals surface area contributed by atoms with Crippen molar-refractivity contribution in [2.75, 3.05) is 6.61 Å². The maximum atomic E-state index is 13.2. The lowest BCUT2D eigenvalue weighted by atomic mass is 10.2. The summed E-state index contributed by atoms with van der Waals surface area (Å²) in [5.41, 5.74) is 1.27. The fraction of sp³-hybridized carbons (Fsp3) is 0.375. The highest BCUT2D eigenvalue weighted by molar-refractivity contribution is 5.55.